The summed E-state index contributed by atoms with van der Waals surface area (Å²) < 4.78 is 6.88. The van der Waals surface area contributed by atoms with Crippen molar-refractivity contribution in [1.82, 2.24) is 0 Å². The van der Waals surface area contributed by atoms with E-state index in [9.17, 15) is 5.11 Å². The average Bonchev–Trinajstić information content (AvgIpc) is 2.15. The Morgan fingerprint density at radius 3 is 2.92 bits per heavy atom. The van der Waals surface area contributed by atoms with E-state index in [0.717, 1.165) is 35.2 Å². The van der Waals surface area contributed by atoms with Gasteiger partial charge < -0.3 is 9.84 Å². The molecule has 0 aromatic heterocycles. The molecule has 0 saturated carbocycles. The zero-order valence-electron chi connectivity index (χ0n) is 6.81. The topological polar surface area (TPSA) is 29.5 Å². The fourth-order valence-electron chi connectivity index (χ4n) is 1.42. The SMILES string of the molecule is Oc1c(Br)cc2c(c1Br)CCCO2. The van der Waals surface area contributed by atoms with E-state index in [1.165, 1.54) is 0 Å². The predicted molar refractivity (Wildman–Crippen MR) is 57.3 cm³/mol. The summed E-state index contributed by atoms with van der Waals surface area (Å²) in [6, 6.07) is 1.81. The van der Waals surface area contributed by atoms with Gasteiger partial charge in [-0.1, -0.05) is 0 Å². The highest BCUT2D eigenvalue weighted by molar-refractivity contribution is 9.11. The molecule has 0 aliphatic carbocycles. The van der Waals surface area contributed by atoms with Crippen LogP contribution in [-0.2, 0) is 6.42 Å². The molecule has 2 rings (SSSR count). The first kappa shape index (κ1) is 9.34. The molecule has 70 valence electrons. The molecule has 0 radical (unpaired) electrons. The van der Waals surface area contributed by atoms with Crippen LogP contribution in [0.1, 0.15) is 12.0 Å². The van der Waals surface area contributed by atoms with Crippen LogP contribution in [0.5, 0.6) is 11.5 Å². The quantitative estimate of drug-likeness (QED) is 0.797. The van der Waals surface area contributed by atoms with Gasteiger partial charge in [-0.3, -0.25) is 0 Å². The molecule has 0 unspecified atom stereocenters. The second kappa shape index (κ2) is 3.50. The van der Waals surface area contributed by atoms with Gasteiger partial charge in [-0.15, -0.1) is 0 Å². The molecule has 1 aliphatic rings. The van der Waals surface area contributed by atoms with Crippen LogP contribution >= 0.6 is 31.9 Å². The van der Waals surface area contributed by atoms with Gasteiger partial charge in [0.2, 0.25) is 0 Å². The van der Waals surface area contributed by atoms with E-state index >= 15 is 0 Å². The Bertz CT molecular complexity index is 350. The number of rotatable bonds is 0. The Labute approximate surface area is 93.2 Å². The summed E-state index contributed by atoms with van der Waals surface area (Å²) in [5.74, 6) is 1.12. The van der Waals surface area contributed by atoms with Crippen LogP contribution < -0.4 is 4.74 Å². The van der Waals surface area contributed by atoms with Crippen LogP contribution in [0.2, 0.25) is 0 Å². The molecule has 2 nitrogen and oxygen atoms in total. The zero-order chi connectivity index (χ0) is 9.42. The number of hydrogen-bond donors (Lipinski definition) is 1. The van der Waals surface area contributed by atoms with E-state index in [-0.39, 0.29) is 5.75 Å². The first-order chi connectivity index (χ1) is 6.20. The van der Waals surface area contributed by atoms with E-state index in [0.29, 0.717) is 4.47 Å². The number of aromatic hydroxyl groups is 1. The second-order valence-electron chi connectivity index (χ2n) is 2.95. The fraction of sp³-hybridized carbons (Fsp3) is 0.333. The first-order valence-corrected chi connectivity index (χ1v) is 5.61. The van der Waals surface area contributed by atoms with Gasteiger partial charge in [0.05, 0.1) is 15.6 Å². The van der Waals surface area contributed by atoms with Crippen molar-refractivity contribution in [2.45, 2.75) is 12.8 Å². The van der Waals surface area contributed by atoms with Crippen LogP contribution in [-0.4, -0.2) is 11.7 Å². The Kier molecular flexibility index (Phi) is 2.51. The molecular weight excluding hydrogens is 300 g/mol. The number of halogens is 2. The normalized spacial score (nSPS) is 14.9. The van der Waals surface area contributed by atoms with E-state index in [2.05, 4.69) is 31.9 Å². The van der Waals surface area contributed by atoms with Gasteiger partial charge in [0.15, 0.2) is 0 Å². The standard InChI is InChI=1S/C9H8Br2O2/c10-6-4-7-5(2-1-3-13-7)8(11)9(6)12/h4,12H,1-3H2. The number of ether oxygens (including phenoxy) is 1. The molecule has 1 aliphatic heterocycles. The van der Waals surface area contributed by atoms with Crippen molar-refractivity contribution in [3.63, 3.8) is 0 Å². The minimum Gasteiger partial charge on any atom is -0.506 e. The van der Waals surface area contributed by atoms with E-state index in [1.807, 2.05) is 6.07 Å². The number of hydrogen-bond acceptors (Lipinski definition) is 2. The van der Waals surface area contributed by atoms with Gasteiger partial charge in [-0.05, 0) is 50.8 Å². The van der Waals surface area contributed by atoms with E-state index < -0.39 is 0 Å². The van der Waals surface area contributed by atoms with Crippen molar-refractivity contribution in [2.24, 2.45) is 0 Å². The van der Waals surface area contributed by atoms with Gasteiger partial charge in [-0.2, -0.15) is 0 Å². The molecule has 0 bridgehead atoms. The first-order valence-electron chi connectivity index (χ1n) is 4.03. The summed E-state index contributed by atoms with van der Waals surface area (Å²) in [6.07, 6.45) is 1.96. The minimum absolute atomic E-state index is 0.254. The predicted octanol–water partition coefficient (Wildman–Crippen LogP) is 3.24. The maximum Gasteiger partial charge on any atom is 0.144 e. The second-order valence-corrected chi connectivity index (χ2v) is 4.60. The van der Waals surface area contributed by atoms with Crippen molar-refractivity contribution in [2.75, 3.05) is 6.61 Å². The Hall–Kier alpha value is -0.220. The third-order valence-electron chi connectivity index (χ3n) is 2.08. The van der Waals surface area contributed by atoms with Gasteiger partial charge in [0.25, 0.3) is 0 Å². The fourth-order valence-corrected chi connectivity index (χ4v) is 2.70. The van der Waals surface area contributed by atoms with E-state index in [1.54, 1.807) is 0 Å². The average molecular weight is 308 g/mol. The summed E-state index contributed by atoms with van der Waals surface area (Å²) in [5.41, 5.74) is 1.06. The highest BCUT2D eigenvalue weighted by Crippen LogP contribution is 2.42. The van der Waals surface area contributed by atoms with Crippen molar-refractivity contribution >= 4 is 31.9 Å². The lowest BCUT2D eigenvalue weighted by molar-refractivity contribution is 0.286. The lowest BCUT2D eigenvalue weighted by atomic mass is 10.1. The van der Waals surface area contributed by atoms with Crippen LogP contribution in [0.25, 0.3) is 0 Å². The molecule has 0 saturated heterocycles. The molecule has 0 spiro atoms. The molecule has 1 heterocycles. The van der Waals surface area contributed by atoms with Crippen molar-refractivity contribution in [1.29, 1.82) is 0 Å². The number of fused-ring (bicyclic) bond motifs is 1. The van der Waals surface area contributed by atoms with Crippen molar-refractivity contribution in [3.8, 4) is 11.5 Å². The van der Waals surface area contributed by atoms with Gasteiger partial charge >= 0.3 is 0 Å². The molecule has 0 atom stereocenters. The van der Waals surface area contributed by atoms with Crippen LogP contribution in [0.4, 0.5) is 0 Å². The summed E-state index contributed by atoms with van der Waals surface area (Å²) >= 11 is 6.62. The highest BCUT2D eigenvalue weighted by Gasteiger charge is 2.18. The maximum atomic E-state index is 9.61. The summed E-state index contributed by atoms with van der Waals surface area (Å²) in [7, 11) is 0. The Morgan fingerprint density at radius 1 is 1.38 bits per heavy atom. The number of phenolic OH excluding ortho intramolecular Hbond substituents is 1. The van der Waals surface area contributed by atoms with Gasteiger partial charge in [-0.25, -0.2) is 0 Å². The van der Waals surface area contributed by atoms with Gasteiger partial charge in [0, 0.05) is 5.56 Å². The number of benzene rings is 1. The van der Waals surface area contributed by atoms with Crippen molar-refractivity contribution < 1.29 is 9.84 Å². The Balaban J connectivity index is 2.60. The largest absolute Gasteiger partial charge is 0.506 e. The van der Waals surface area contributed by atoms with Gasteiger partial charge in [0.1, 0.15) is 11.5 Å². The minimum atomic E-state index is 0.254. The molecule has 13 heavy (non-hydrogen) atoms. The zero-order valence-corrected chi connectivity index (χ0v) is 9.98. The lowest BCUT2D eigenvalue weighted by Gasteiger charge is -2.19. The molecule has 0 amide bonds. The van der Waals surface area contributed by atoms with Crippen LogP contribution in [0, 0.1) is 0 Å². The molecule has 4 heteroatoms. The summed E-state index contributed by atoms with van der Waals surface area (Å²) in [4.78, 5) is 0. The third kappa shape index (κ3) is 1.57. The molecule has 1 N–H and O–H groups in total. The maximum absolute atomic E-state index is 9.61. The number of phenols is 1. The lowest BCUT2D eigenvalue weighted by Crippen LogP contribution is -2.08. The monoisotopic (exact) mass is 306 g/mol. The summed E-state index contributed by atoms with van der Waals surface area (Å²) in [5, 5.41) is 9.61. The highest BCUT2D eigenvalue weighted by atomic mass is 79.9. The summed E-state index contributed by atoms with van der Waals surface area (Å²) in [6.45, 7) is 0.761. The molecule has 1 aromatic rings. The molecule has 1 aromatic carbocycles. The smallest absolute Gasteiger partial charge is 0.144 e. The third-order valence-corrected chi connectivity index (χ3v) is 3.54. The van der Waals surface area contributed by atoms with Crippen LogP contribution in [0.15, 0.2) is 15.0 Å². The molecule has 0 fully saturated rings. The van der Waals surface area contributed by atoms with E-state index in [4.69, 9.17) is 4.74 Å². The molecular formula is C9H8Br2O2. The Morgan fingerprint density at radius 2 is 2.15 bits per heavy atom. The van der Waals surface area contributed by atoms with Crippen LogP contribution in [0.3, 0.4) is 0 Å². The van der Waals surface area contributed by atoms with Crippen molar-refractivity contribution in [3.05, 3.63) is 20.6 Å².